The molecule has 0 fully saturated rings. The van der Waals surface area contributed by atoms with Crippen molar-refractivity contribution in [3.05, 3.63) is 92.4 Å². The molecule has 0 saturated carbocycles. The second kappa shape index (κ2) is 8.00. The van der Waals surface area contributed by atoms with E-state index in [2.05, 4.69) is 10.6 Å². The lowest BCUT2D eigenvalue weighted by molar-refractivity contribution is -0.394. The lowest BCUT2D eigenvalue weighted by atomic mass is 10.1. The number of nitro benzene ring substituents is 2. The largest absolute Gasteiger partial charge is 0.459 e. The van der Waals surface area contributed by atoms with Gasteiger partial charge in [0, 0.05) is 17.4 Å². The van der Waals surface area contributed by atoms with Gasteiger partial charge in [0.25, 0.3) is 23.2 Å². The summed E-state index contributed by atoms with van der Waals surface area (Å²) in [6, 6.07) is 11.8. The number of carbonyl (C=O) groups excluding carboxylic acids is 2. The Balaban J connectivity index is 1.80. The van der Waals surface area contributed by atoms with Crippen LogP contribution in [0.5, 0.6) is 0 Å². The highest BCUT2D eigenvalue weighted by Crippen LogP contribution is 2.26. The van der Waals surface area contributed by atoms with Crippen molar-refractivity contribution in [1.29, 1.82) is 0 Å². The van der Waals surface area contributed by atoms with E-state index in [1.165, 1.54) is 24.5 Å². The van der Waals surface area contributed by atoms with Gasteiger partial charge in [0.1, 0.15) is 5.56 Å². The topological polar surface area (TPSA) is 158 Å². The second-order valence-corrected chi connectivity index (χ2v) is 5.68. The first-order chi connectivity index (χ1) is 13.8. The molecule has 1 heterocycles. The van der Waals surface area contributed by atoms with E-state index in [0.717, 1.165) is 18.2 Å². The van der Waals surface area contributed by atoms with Gasteiger partial charge in [-0.3, -0.25) is 29.8 Å². The molecule has 2 aromatic carbocycles. The number of furan rings is 1. The molecule has 0 aliphatic rings. The molecule has 0 saturated heterocycles. The van der Waals surface area contributed by atoms with E-state index < -0.39 is 33.0 Å². The Hall–Kier alpha value is -4.54. The number of rotatable bonds is 6. The molecule has 3 rings (SSSR count). The molecule has 3 aromatic rings. The van der Waals surface area contributed by atoms with Crippen molar-refractivity contribution in [3.8, 4) is 0 Å². The number of anilines is 2. The number of hydrogen-bond donors (Lipinski definition) is 2. The molecule has 0 spiro atoms. The molecule has 146 valence electrons. The van der Waals surface area contributed by atoms with Crippen LogP contribution in [0.25, 0.3) is 0 Å². The van der Waals surface area contributed by atoms with Crippen molar-refractivity contribution in [1.82, 2.24) is 0 Å². The molecule has 0 bridgehead atoms. The van der Waals surface area contributed by atoms with Crippen molar-refractivity contribution in [3.63, 3.8) is 0 Å². The summed E-state index contributed by atoms with van der Waals surface area (Å²) in [5, 5.41) is 27.0. The zero-order valence-corrected chi connectivity index (χ0v) is 14.5. The lowest BCUT2D eigenvalue weighted by Gasteiger charge is -2.08. The number of nitrogens with one attached hydrogen (secondary N) is 2. The molecule has 1 aromatic heterocycles. The Kier molecular flexibility index (Phi) is 5.30. The van der Waals surface area contributed by atoms with E-state index in [1.54, 1.807) is 18.2 Å². The van der Waals surface area contributed by atoms with Gasteiger partial charge in [0.2, 0.25) is 0 Å². The summed E-state index contributed by atoms with van der Waals surface area (Å²) in [4.78, 5) is 44.8. The Labute approximate surface area is 162 Å². The number of benzene rings is 2. The van der Waals surface area contributed by atoms with Gasteiger partial charge in [0.05, 0.1) is 22.2 Å². The third-order valence-corrected chi connectivity index (χ3v) is 3.76. The van der Waals surface area contributed by atoms with Gasteiger partial charge in [-0.15, -0.1) is 0 Å². The van der Waals surface area contributed by atoms with Gasteiger partial charge in [-0.05, 0) is 36.4 Å². The van der Waals surface area contributed by atoms with Gasteiger partial charge in [0.15, 0.2) is 5.76 Å². The summed E-state index contributed by atoms with van der Waals surface area (Å²) >= 11 is 0. The standard InChI is InChI=1S/C18H12N4O7/c23-17(14-7-6-13(21(25)26)10-15(14)22(27)28)19-11-3-1-4-12(9-11)20-18(24)16-5-2-8-29-16/h1-10H,(H,19,23)(H,20,24). The molecule has 2 N–H and O–H groups in total. The Morgan fingerprint density at radius 3 is 2.10 bits per heavy atom. The maximum atomic E-state index is 12.5. The van der Waals surface area contributed by atoms with Crippen molar-refractivity contribution in [2.45, 2.75) is 0 Å². The Bertz CT molecular complexity index is 1110. The Morgan fingerprint density at radius 1 is 0.828 bits per heavy atom. The van der Waals surface area contributed by atoms with E-state index in [-0.39, 0.29) is 17.0 Å². The first-order valence-electron chi connectivity index (χ1n) is 8.04. The number of carbonyl (C=O) groups is 2. The second-order valence-electron chi connectivity index (χ2n) is 5.68. The zero-order chi connectivity index (χ0) is 21.0. The average molecular weight is 396 g/mol. The fourth-order valence-corrected chi connectivity index (χ4v) is 2.45. The summed E-state index contributed by atoms with van der Waals surface area (Å²) in [6.45, 7) is 0. The van der Waals surface area contributed by atoms with Crippen molar-refractivity contribution >= 4 is 34.6 Å². The highest BCUT2D eigenvalue weighted by molar-refractivity contribution is 6.08. The average Bonchev–Trinajstić information content (AvgIpc) is 3.22. The minimum atomic E-state index is -0.873. The van der Waals surface area contributed by atoms with Crippen LogP contribution in [0.15, 0.2) is 65.3 Å². The summed E-state index contributed by atoms with van der Waals surface area (Å²) in [5.41, 5.74) is -0.942. The van der Waals surface area contributed by atoms with E-state index in [9.17, 15) is 29.8 Å². The molecule has 0 radical (unpaired) electrons. The molecule has 2 amide bonds. The van der Waals surface area contributed by atoms with Crippen LogP contribution in [0, 0.1) is 20.2 Å². The van der Waals surface area contributed by atoms with E-state index in [1.807, 2.05) is 0 Å². The smallest absolute Gasteiger partial charge is 0.291 e. The molecule has 0 aliphatic heterocycles. The molecule has 11 nitrogen and oxygen atoms in total. The lowest BCUT2D eigenvalue weighted by Crippen LogP contribution is -2.15. The SMILES string of the molecule is O=C(Nc1cccc(NC(=O)c2ccc([N+](=O)[O-])cc2[N+](=O)[O-])c1)c1ccco1. The molecular formula is C18H12N4O7. The third-order valence-electron chi connectivity index (χ3n) is 3.76. The quantitative estimate of drug-likeness (QED) is 0.476. The van der Waals surface area contributed by atoms with Crippen LogP contribution in [-0.2, 0) is 0 Å². The van der Waals surface area contributed by atoms with Crippen LogP contribution in [0.3, 0.4) is 0 Å². The van der Waals surface area contributed by atoms with Crippen molar-refractivity contribution in [2.75, 3.05) is 10.6 Å². The third kappa shape index (κ3) is 4.42. The first kappa shape index (κ1) is 19.2. The van der Waals surface area contributed by atoms with Gasteiger partial charge >= 0.3 is 0 Å². The number of hydrogen-bond acceptors (Lipinski definition) is 7. The molecule has 0 aliphatic carbocycles. The van der Waals surface area contributed by atoms with Gasteiger partial charge in [-0.25, -0.2) is 0 Å². The van der Waals surface area contributed by atoms with E-state index >= 15 is 0 Å². The predicted molar refractivity (Wildman–Crippen MR) is 101 cm³/mol. The molecule has 0 atom stereocenters. The van der Waals surface area contributed by atoms with Gasteiger partial charge in [-0.1, -0.05) is 6.07 Å². The number of nitrogens with zero attached hydrogens (tertiary/aromatic N) is 2. The van der Waals surface area contributed by atoms with Crippen LogP contribution in [0.2, 0.25) is 0 Å². The summed E-state index contributed by atoms with van der Waals surface area (Å²) in [7, 11) is 0. The van der Waals surface area contributed by atoms with Crippen molar-refractivity contribution in [2.24, 2.45) is 0 Å². The van der Waals surface area contributed by atoms with E-state index in [4.69, 9.17) is 4.42 Å². The molecule has 0 unspecified atom stereocenters. The minimum Gasteiger partial charge on any atom is -0.459 e. The summed E-state index contributed by atoms with van der Waals surface area (Å²) < 4.78 is 4.99. The number of non-ortho nitro benzene ring substituents is 1. The summed E-state index contributed by atoms with van der Waals surface area (Å²) in [5.74, 6) is -1.23. The summed E-state index contributed by atoms with van der Waals surface area (Å²) in [6.07, 6.45) is 1.35. The fourth-order valence-electron chi connectivity index (χ4n) is 2.45. The van der Waals surface area contributed by atoms with Crippen LogP contribution >= 0.6 is 0 Å². The van der Waals surface area contributed by atoms with Crippen molar-refractivity contribution < 1.29 is 23.9 Å². The predicted octanol–water partition coefficient (Wildman–Crippen LogP) is 3.60. The van der Waals surface area contributed by atoms with Crippen LogP contribution in [-0.4, -0.2) is 21.7 Å². The maximum absolute atomic E-state index is 12.5. The van der Waals surface area contributed by atoms with Gasteiger partial charge < -0.3 is 15.1 Å². The highest BCUT2D eigenvalue weighted by atomic mass is 16.6. The minimum absolute atomic E-state index is 0.0981. The maximum Gasteiger partial charge on any atom is 0.291 e. The van der Waals surface area contributed by atoms with Crippen LogP contribution < -0.4 is 10.6 Å². The van der Waals surface area contributed by atoms with E-state index in [0.29, 0.717) is 5.69 Å². The molecule has 29 heavy (non-hydrogen) atoms. The number of amides is 2. The Morgan fingerprint density at radius 2 is 1.52 bits per heavy atom. The normalized spacial score (nSPS) is 10.2. The zero-order valence-electron chi connectivity index (χ0n) is 14.5. The first-order valence-corrected chi connectivity index (χ1v) is 8.04. The van der Waals surface area contributed by atoms with Crippen LogP contribution in [0.1, 0.15) is 20.9 Å². The monoisotopic (exact) mass is 396 g/mol. The molecular weight excluding hydrogens is 384 g/mol. The van der Waals surface area contributed by atoms with Crippen LogP contribution in [0.4, 0.5) is 22.7 Å². The molecule has 11 heteroatoms. The fraction of sp³-hybridized carbons (Fsp3) is 0. The highest BCUT2D eigenvalue weighted by Gasteiger charge is 2.24. The number of nitro groups is 2. The van der Waals surface area contributed by atoms with Gasteiger partial charge in [-0.2, -0.15) is 0 Å².